The third kappa shape index (κ3) is 4.41. The third-order valence-corrected chi connectivity index (χ3v) is 7.22. The highest BCUT2D eigenvalue weighted by atomic mass is 19.1. The lowest BCUT2D eigenvalue weighted by Crippen LogP contribution is -2.75. The number of hydrogen-bond acceptors (Lipinski definition) is 4. The first kappa shape index (κ1) is 21.1. The van der Waals surface area contributed by atoms with Gasteiger partial charge in [-0.1, -0.05) is 18.9 Å². The topological polar surface area (TPSA) is 68.3 Å². The number of pyridine rings is 1. The van der Waals surface area contributed by atoms with Crippen LogP contribution in [0.15, 0.2) is 36.5 Å². The van der Waals surface area contributed by atoms with Gasteiger partial charge in [0.15, 0.2) is 5.78 Å². The van der Waals surface area contributed by atoms with Gasteiger partial charge in [-0.05, 0) is 85.8 Å². The molecule has 6 heteroatoms. The van der Waals surface area contributed by atoms with Crippen molar-refractivity contribution in [2.75, 3.05) is 6.61 Å². The first-order chi connectivity index (χ1) is 15.3. The maximum atomic E-state index is 13.3. The van der Waals surface area contributed by atoms with Gasteiger partial charge < -0.3 is 10.1 Å². The van der Waals surface area contributed by atoms with Crippen molar-refractivity contribution in [3.8, 4) is 5.75 Å². The highest BCUT2D eigenvalue weighted by molar-refractivity contribution is 5.93. The fourth-order valence-corrected chi connectivity index (χ4v) is 5.45. The van der Waals surface area contributed by atoms with Crippen LogP contribution < -0.4 is 10.1 Å². The van der Waals surface area contributed by atoms with E-state index in [0.717, 1.165) is 31.6 Å². The second kappa shape index (κ2) is 7.98. The molecule has 0 spiro atoms. The summed E-state index contributed by atoms with van der Waals surface area (Å²) in [5.74, 6) is 1.01. The average Bonchev–Trinajstić information content (AvgIpc) is 3.55. The Labute approximate surface area is 187 Å². The van der Waals surface area contributed by atoms with Gasteiger partial charge in [-0.15, -0.1) is 0 Å². The molecule has 4 fully saturated rings. The Morgan fingerprint density at radius 3 is 2.62 bits per heavy atom. The Morgan fingerprint density at radius 1 is 1.19 bits per heavy atom. The van der Waals surface area contributed by atoms with Gasteiger partial charge in [-0.25, -0.2) is 4.39 Å². The van der Waals surface area contributed by atoms with Gasteiger partial charge >= 0.3 is 0 Å². The predicted molar refractivity (Wildman–Crippen MR) is 118 cm³/mol. The van der Waals surface area contributed by atoms with E-state index in [1.54, 1.807) is 13.0 Å². The molecule has 168 valence electrons. The van der Waals surface area contributed by atoms with Crippen LogP contribution in [0, 0.1) is 24.1 Å². The number of halogens is 1. The molecule has 4 aliphatic carbocycles. The Bertz CT molecular complexity index is 1030. The number of ether oxygens (including phenoxy) is 1. The lowest BCUT2D eigenvalue weighted by atomic mass is 9.38. The first-order valence-corrected chi connectivity index (χ1v) is 11.5. The normalized spacial score (nSPS) is 25.4. The van der Waals surface area contributed by atoms with E-state index in [4.69, 9.17) is 4.74 Å². The van der Waals surface area contributed by atoms with Gasteiger partial charge in [0.05, 0.1) is 0 Å². The lowest BCUT2D eigenvalue weighted by Gasteiger charge is -2.70. The lowest BCUT2D eigenvalue weighted by molar-refractivity contribution is -0.162. The van der Waals surface area contributed by atoms with Crippen LogP contribution in [-0.4, -0.2) is 28.8 Å². The molecule has 1 N–H and O–H groups in total. The molecule has 0 atom stereocenters. The average molecular weight is 437 g/mol. The summed E-state index contributed by atoms with van der Waals surface area (Å²) < 4.78 is 18.9. The number of Topliss-reactive ketones (excluding diaryl/α,β-unsaturated/α-hetero) is 1. The van der Waals surface area contributed by atoms with E-state index in [9.17, 15) is 14.0 Å². The molecule has 4 aliphatic rings. The largest absolute Gasteiger partial charge is 0.486 e. The molecule has 0 unspecified atom stereocenters. The summed E-state index contributed by atoms with van der Waals surface area (Å²) in [5, 5.41) is 3.14. The van der Waals surface area contributed by atoms with Gasteiger partial charge in [-0.2, -0.15) is 0 Å². The molecule has 1 aromatic carbocycles. The summed E-state index contributed by atoms with van der Waals surface area (Å²) in [6.07, 6.45) is 9.71. The summed E-state index contributed by atoms with van der Waals surface area (Å²) in [5.41, 5.74) is 1.95. The van der Waals surface area contributed by atoms with Crippen LogP contribution in [0.5, 0.6) is 5.75 Å². The van der Waals surface area contributed by atoms with Crippen LogP contribution >= 0.6 is 0 Å². The quantitative estimate of drug-likeness (QED) is 0.593. The molecule has 0 radical (unpaired) electrons. The Hall–Kier alpha value is -2.76. The summed E-state index contributed by atoms with van der Waals surface area (Å²) in [7, 11) is 0. The summed E-state index contributed by atoms with van der Waals surface area (Å²) in [4.78, 5) is 29.4. The molecule has 5 nitrogen and oxygen atoms in total. The van der Waals surface area contributed by atoms with Crippen LogP contribution in [-0.2, 0) is 11.2 Å². The number of benzene rings is 1. The zero-order valence-electron chi connectivity index (χ0n) is 18.5. The maximum Gasteiger partial charge on any atom is 0.270 e. The number of carbonyl (C=O) groups excluding carboxylic acids is 2. The minimum atomic E-state index is -0.287. The Morgan fingerprint density at radius 2 is 1.97 bits per heavy atom. The molecule has 6 rings (SSSR count). The van der Waals surface area contributed by atoms with Gasteiger partial charge in [-0.3, -0.25) is 14.6 Å². The maximum absolute atomic E-state index is 13.3. The molecule has 1 amide bonds. The molecule has 0 saturated heterocycles. The number of rotatable bonds is 10. The number of carbonyl (C=O) groups is 2. The summed E-state index contributed by atoms with van der Waals surface area (Å²) >= 11 is 0. The van der Waals surface area contributed by atoms with E-state index < -0.39 is 0 Å². The van der Waals surface area contributed by atoms with E-state index in [1.165, 1.54) is 37.0 Å². The van der Waals surface area contributed by atoms with Crippen molar-refractivity contribution in [1.29, 1.82) is 0 Å². The minimum absolute atomic E-state index is 0.00741. The van der Waals surface area contributed by atoms with Gasteiger partial charge in [0.25, 0.3) is 5.91 Å². The fourth-order valence-electron chi connectivity index (χ4n) is 5.45. The smallest absolute Gasteiger partial charge is 0.270 e. The van der Waals surface area contributed by atoms with E-state index in [1.807, 2.05) is 18.3 Å². The van der Waals surface area contributed by atoms with Crippen molar-refractivity contribution in [3.63, 3.8) is 0 Å². The van der Waals surface area contributed by atoms with Gasteiger partial charge in [0, 0.05) is 18.2 Å². The van der Waals surface area contributed by atoms with E-state index >= 15 is 0 Å². The van der Waals surface area contributed by atoms with Crippen molar-refractivity contribution in [3.05, 3.63) is 59.2 Å². The number of ketones is 1. The molecular formula is C26H29FN2O3. The Balaban J connectivity index is 1.05. The first-order valence-electron chi connectivity index (χ1n) is 11.5. The van der Waals surface area contributed by atoms with E-state index in [-0.39, 0.29) is 35.1 Å². The monoisotopic (exact) mass is 436 g/mol. The molecule has 32 heavy (non-hydrogen) atoms. The number of amides is 1. The van der Waals surface area contributed by atoms with Crippen LogP contribution in [0.25, 0.3) is 0 Å². The highest BCUT2D eigenvalue weighted by Crippen LogP contribution is 2.69. The van der Waals surface area contributed by atoms with Crippen LogP contribution in [0.4, 0.5) is 4.39 Å². The number of nitrogens with zero attached hydrogens (tertiary/aromatic N) is 1. The predicted octanol–water partition coefficient (Wildman–Crippen LogP) is 4.56. The number of aromatic nitrogens is 1. The van der Waals surface area contributed by atoms with Crippen LogP contribution in [0.1, 0.15) is 66.6 Å². The third-order valence-electron chi connectivity index (χ3n) is 7.22. The molecule has 0 aliphatic heterocycles. The molecule has 2 aromatic rings. The summed E-state index contributed by atoms with van der Waals surface area (Å²) in [6, 6.07) is 8.31. The minimum Gasteiger partial charge on any atom is -0.486 e. The van der Waals surface area contributed by atoms with Gasteiger partial charge in [0.1, 0.15) is 23.9 Å². The second-order valence-corrected chi connectivity index (χ2v) is 10.2. The molecule has 4 saturated carbocycles. The van der Waals surface area contributed by atoms with Crippen molar-refractivity contribution in [2.45, 2.75) is 63.8 Å². The fraction of sp³-hybridized carbons (Fsp3) is 0.500. The SMILES string of the molecule is Cc1cc(OCC(=O)CC23CC(NC(=O)c4ccc(CCC5CC5)cn4)(C2)C3)ccc1F. The van der Waals surface area contributed by atoms with Crippen molar-refractivity contribution in [2.24, 2.45) is 11.3 Å². The molecule has 1 heterocycles. The number of aryl methyl sites for hydroxylation is 2. The Kier molecular flexibility index (Phi) is 5.26. The molecule has 1 aromatic heterocycles. The highest BCUT2D eigenvalue weighted by Gasteiger charge is 2.68. The molecular weight excluding hydrogens is 407 g/mol. The van der Waals surface area contributed by atoms with Crippen molar-refractivity contribution >= 4 is 11.7 Å². The molecule has 2 bridgehead atoms. The number of hydrogen-bond donors (Lipinski definition) is 1. The summed E-state index contributed by atoms with van der Waals surface area (Å²) in [6.45, 7) is 1.65. The number of nitrogens with one attached hydrogen (secondary N) is 1. The zero-order valence-corrected chi connectivity index (χ0v) is 18.5. The zero-order chi connectivity index (χ0) is 22.3. The van der Waals surface area contributed by atoms with Crippen LogP contribution in [0.3, 0.4) is 0 Å². The van der Waals surface area contributed by atoms with Gasteiger partial charge in [0.2, 0.25) is 0 Å². The van der Waals surface area contributed by atoms with E-state index in [0.29, 0.717) is 23.4 Å². The van der Waals surface area contributed by atoms with Crippen LogP contribution in [0.2, 0.25) is 0 Å². The standard InChI is InChI=1S/C26H29FN2O3/c1-17-10-21(7-8-22(17)27)32-13-20(30)11-25-14-26(15-25,16-25)29-24(31)23-9-6-19(12-28-23)5-4-18-2-3-18/h6-10,12,18H,2-5,11,13-16H2,1H3,(H,29,31). The van der Waals surface area contributed by atoms with E-state index in [2.05, 4.69) is 10.3 Å². The van der Waals surface area contributed by atoms with Crippen molar-refractivity contribution in [1.82, 2.24) is 10.3 Å². The second-order valence-electron chi connectivity index (χ2n) is 10.2. The van der Waals surface area contributed by atoms with Crippen molar-refractivity contribution < 1.29 is 18.7 Å².